The van der Waals surface area contributed by atoms with E-state index in [0.29, 0.717) is 6.54 Å². The van der Waals surface area contributed by atoms with Gasteiger partial charge in [0.05, 0.1) is 5.56 Å². The molecule has 0 spiro atoms. The van der Waals surface area contributed by atoms with E-state index in [1.165, 1.54) is 5.57 Å². The Morgan fingerprint density at radius 1 is 1.50 bits per heavy atom. The van der Waals surface area contributed by atoms with Crippen LogP contribution in [0.5, 0.6) is 0 Å². The Kier molecular flexibility index (Phi) is 4.40. The normalized spacial score (nSPS) is 14.7. The van der Waals surface area contributed by atoms with Gasteiger partial charge in [0.25, 0.3) is 5.91 Å². The fraction of sp³-hybridized carbons (Fsp3) is 0.375. The van der Waals surface area contributed by atoms with E-state index in [2.05, 4.69) is 21.7 Å². The van der Waals surface area contributed by atoms with Gasteiger partial charge < -0.3 is 10.6 Å². The van der Waals surface area contributed by atoms with Crippen molar-refractivity contribution in [2.45, 2.75) is 20.3 Å². The van der Waals surface area contributed by atoms with Crippen molar-refractivity contribution in [1.82, 2.24) is 20.2 Å². The average molecular weight is 316 g/mol. The van der Waals surface area contributed by atoms with Crippen LogP contribution in [0.4, 0.5) is 0 Å². The standard InChI is InChI=1S/C16H20N4OS/c1-11-9-14(12(2)20(11)16-18-7-8-22-16)15(21)19-10-13-3-5-17-6-4-13/h3,7-9,17H,4-6,10H2,1-2H3,(H,19,21). The molecular weight excluding hydrogens is 296 g/mol. The van der Waals surface area contributed by atoms with Crippen LogP contribution in [-0.4, -0.2) is 35.1 Å². The predicted molar refractivity (Wildman–Crippen MR) is 88.8 cm³/mol. The number of aromatic nitrogens is 2. The molecule has 116 valence electrons. The molecule has 1 aliphatic heterocycles. The lowest BCUT2D eigenvalue weighted by atomic mass is 10.1. The number of rotatable bonds is 4. The number of nitrogens with one attached hydrogen (secondary N) is 2. The minimum Gasteiger partial charge on any atom is -0.348 e. The highest BCUT2D eigenvalue weighted by molar-refractivity contribution is 7.12. The third-order valence-electron chi connectivity index (χ3n) is 3.92. The highest BCUT2D eigenvalue weighted by Gasteiger charge is 2.17. The Hall–Kier alpha value is -1.92. The molecule has 3 heterocycles. The molecule has 0 saturated carbocycles. The van der Waals surface area contributed by atoms with E-state index >= 15 is 0 Å². The first-order chi connectivity index (χ1) is 10.7. The summed E-state index contributed by atoms with van der Waals surface area (Å²) in [6, 6.07) is 1.93. The van der Waals surface area contributed by atoms with Crippen LogP contribution in [0.25, 0.3) is 5.13 Å². The molecule has 5 nitrogen and oxygen atoms in total. The first kappa shape index (κ1) is 15.0. The molecule has 22 heavy (non-hydrogen) atoms. The maximum atomic E-state index is 12.5. The van der Waals surface area contributed by atoms with Gasteiger partial charge in [-0.3, -0.25) is 9.36 Å². The molecule has 1 aliphatic rings. The maximum absolute atomic E-state index is 12.5. The van der Waals surface area contributed by atoms with Gasteiger partial charge in [-0.05, 0) is 32.9 Å². The molecule has 0 fully saturated rings. The molecule has 0 bridgehead atoms. The van der Waals surface area contributed by atoms with Crippen molar-refractivity contribution in [2.24, 2.45) is 0 Å². The molecule has 0 aromatic carbocycles. The van der Waals surface area contributed by atoms with Crippen molar-refractivity contribution in [2.75, 3.05) is 19.6 Å². The smallest absolute Gasteiger partial charge is 0.253 e. The number of carbonyl (C=O) groups excluding carboxylic acids is 1. The Morgan fingerprint density at radius 2 is 2.36 bits per heavy atom. The second-order valence-corrected chi connectivity index (χ2v) is 6.31. The van der Waals surface area contributed by atoms with Crippen LogP contribution < -0.4 is 10.6 Å². The van der Waals surface area contributed by atoms with Gasteiger partial charge in [0.1, 0.15) is 0 Å². The maximum Gasteiger partial charge on any atom is 0.253 e. The number of thiazole rings is 1. The van der Waals surface area contributed by atoms with Crippen LogP contribution in [-0.2, 0) is 0 Å². The van der Waals surface area contributed by atoms with Crippen molar-refractivity contribution in [1.29, 1.82) is 0 Å². The van der Waals surface area contributed by atoms with E-state index in [4.69, 9.17) is 0 Å². The molecule has 1 amide bonds. The van der Waals surface area contributed by atoms with E-state index < -0.39 is 0 Å². The monoisotopic (exact) mass is 316 g/mol. The summed E-state index contributed by atoms with van der Waals surface area (Å²) in [4.78, 5) is 16.8. The topological polar surface area (TPSA) is 59.0 Å². The summed E-state index contributed by atoms with van der Waals surface area (Å²) in [6.07, 6.45) is 4.93. The molecule has 2 aromatic rings. The summed E-state index contributed by atoms with van der Waals surface area (Å²) in [5.74, 6) is -0.0182. The molecule has 0 unspecified atom stereocenters. The number of hydrogen-bond donors (Lipinski definition) is 2. The van der Waals surface area contributed by atoms with Gasteiger partial charge in [-0.15, -0.1) is 11.3 Å². The summed E-state index contributed by atoms with van der Waals surface area (Å²) >= 11 is 1.57. The predicted octanol–water partition coefficient (Wildman–Crippen LogP) is 2.20. The van der Waals surface area contributed by atoms with Crippen LogP contribution in [0.2, 0.25) is 0 Å². The Labute approximate surface area is 134 Å². The summed E-state index contributed by atoms with van der Waals surface area (Å²) in [5, 5.41) is 9.14. The quantitative estimate of drug-likeness (QED) is 0.850. The second-order valence-electron chi connectivity index (χ2n) is 5.43. The summed E-state index contributed by atoms with van der Waals surface area (Å²) in [6.45, 7) is 6.47. The van der Waals surface area contributed by atoms with E-state index in [1.807, 2.05) is 29.9 Å². The number of aryl methyl sites for hydroxylation is 1. The highest BCUT2D eigenvalue weighted by Crippen LogP contribution is 2.22. The fourth-order valence-electron chi connectivity index (χ4n) is 2.73. The number of hydrogen-bond acceptors (Lipinski definition) is 4. The van der Waals surface area contributed by atoms with Crippen molar-refractivity contribution < 1.29 is 4.79 Å². The zero-order valence-corrected chi connectivity index (χ0v) is 13.7. The Morgan fingerprint density at radius 3 is 3.05 bits per heavy atom. The van der Waals surface area contributed by atoms with E-state index in [9.17, 15) is 4.79 Å². The minimum absolute atomic E-state index is 0.0182. The van der Waals surface area contributed by atoms with Gasteiger partial charge in [0, 0.05) is 36.1 Å². The van der Waals surface area contributed by atoms with Gasteiger partial charge in [-0.1, -0.05) is 11.6 Å². The molecule has 2 aromatic heterocycles. The molecule has 2 N–H and O–H groups in total. The van der Waals surface area contributed by atoms with E-state index in [0.717, 1.165) is 41.6 Å². The highest BCUT2D eigenvalue weighted by atomic mass is 32.1. The van der Waals surface area contributed by atoms with Gasteiger partial charge in [-0.2, -0.15) is 0 Å². The number of nitrogens with zero attached hydrogens (tertiary/aromatic N) is 2. The zero-order valence-electron chi connectivity index (χ0n) is 12.8. The van der Waals surface area contributed by atoms with Crippen LogP contribution in [0.15, 0.2) is 29.3 Å². The molecule has 0 radical (unpaired) electrons. The lowest BCUT2D eigenvalue weighted by molar-refractivity contribution is 0.0956. The number of carbonyl (C=O) groups is 1. The van der Waals surface area contributed by atoms with Gasteiger partial charge in [-0.25, -0.2) is 4.98 Å². The first-order valence-corrected chi connectivity index (χ1v) is 8.30. The summed E-state index contributed by atoms with van der Waals surface area (Å²) in [5.41, 5.74) is 3.98. The van der Waals surface area contributed by atoms with Gasteiger partial charge in [0.15, 0.2) is 5.13 Å². The fourth-order valence-corrected chi connectivity index (χ4v) is 3.48. The Bertz CT molecular complexity index is 700. The zero-order chi connectivity index (χ0) is 15.5. The third-order valence-corrected chi connectivity index (χ3v) is 4.68. The van der Waals surface area contributed by atoms with Crippen LogP contribution in [0.1, 0.15) is 28.2 Å². The molecular formula is C16H20N4OS. The third kappa shape index (κ3) is 2.98. The second kappa shape index (κ2) is 6.46. The SMILES string of the molecule is Cc1cc(C(=O)NCC2=CCNCC2)c(C)n1-c1nccs1. The lowest BCUT2D eigenvalue weighted by Gasteiger charge is -2.14. The van der Waals surface area contributed by atoms with Crippen molar-refractivity contribution in [3.8, 4) is 5.13 Å². The summed E-state index contributed by atoms with van der Waals surface area (Å²) in [7, 11) is 0. The molecule has 6 heteroatoms. The largest absolute Gasteiger partial charge is 0.348 e. The van der Waals surface area contributed by atoms with Gasteiger partial charge >= 0.3 is 0 Å². The average Bonchev–Trinajstić information content (AvgIpc) is 3.14. The first-order valence-electron chi connectivity index (χ1n) is 7.42. The molecule has 0 aliphatic carbocycles. The van der Waals surface area contributed by atoms with E-state index in [1.54, 1.807) is 17.5 Å². The van der Waals surface area contributed by atoms with Crippen molar-refractivity contribution in [3.63, 3.8) is 0 Å². The van der Waals surface area contributed by atoms with Crippen LogP contribution >= 0.6 is 11.3 Å². The molecule has 0 atom stereocenters. The Balaban J connectivity index is 1.76. The van der Waals surface area contributed by atoms with E-state index in [-0.39, 0.29) is 5.91 Å². The van der Waals surface area contributed by atoms with Crippen molar-refractivity contribution >= 4 is 17.2 Å². The van der Waals surface area contributed by atoms with Gasteiger partial charge in [0.2, 0.25) is 0 Å². The number of amides is 1. The molecule has 0 saturated heterocycles. The van der Waals surface area contributed by atoms with Crippen molar-refractivity contribution in [3.05, 3.63) is 46.2 Å². The molecule has 3 rings (SSSR count). The summed E-state index contributed by atoms with van der Waals surface area (Å²) < 4.78 is 2.03. The van der Waals surface area contributed by atoms with Crippen LogP contribution in [0.3, 0.4) is 0 Å². The minimum atomic E-state index is -0.0182. The lowest BCUT2D eigenvalue weighted by Crippen LogP contribution is -2.29. The van der Waals surface area contributed by atoms with Crippen LogP contribution in [0, 0.1) is 13.8 Å².